The summed E-state index contributed by atoms with van der Waals surface area (Å²) in [7, 11) is -3.11. The molecule has 69 heavy (non-hydrogen) atoms. The molecule has 0 saturated heterocycles. The van der Waals surface area contributed by atoms with E-state index in [-0.39, 0.29) is 16.8 Å². The van der Waals surface area contributed by atoms with Crippen molar-refractivity contribution in [1.82, 2.24) is 4.90 Å². The Bertz CT molecular complexity index is 2020. The average Bonchev–Trinajstić information content (AvgIpc) is 3.24. The van der Waals surface area contributed by atoms with E-state index >= 15 is 0 Å². The number of ether oxygens (including phenoxy) is 3. The second kappa shape index (κ2) is 29.5. The van der Waals surface area contributed by atoms with E-state index in [1.165, 1.54) is 22.3 Å². The monoisotopic (exact) mass is 972 g/mol. The zero-order chi connectivity index (χ0) is 52.8. The Hall–Kier alpha value is -3.83. The summed E-state index contributed by atoms with van der Waals surface area (Å²) in [5, 5.41) is 0. The molecule has 3 aromatic rings. The normalized spacial score (nSPS) is 12.2. The standard InChI is InChI=1S/C30H31NO.C17H34OSi.C16H32OSi/c1-6-24-8-12-26(13-9-24)20-31(21-27-14-10-25(7-2)11-15-27)22-28-16-18-29(19-17-28)23-32-30(3,4)5;1-14(2)19(15(3)4,16(5)6)13-11-10-12-18-17(7,8)9;1-13(2)18(14(3)4,15(5)6)12-10-11-17-16(7,8)9/h1-2,8-19H,20-23H2,3-5H3;14-16H,10,12H2,1-9H3;13-15H,11H2,1-9H3. The van der Waals surface area contributed by atoms with Crippen LogP contribution in [0.15, 0.2) is 72.8 Å². The third kappa shape index (κ3) is 23.3. The first-order chi connectivity index (χ1) is 31.9. The predicted molar refractivity (Wildman–Crippen MR) is 306 cm³/mol. The lowest BCUT2D eigenvalue weighted by atomic mass is 10.1. The molecule has 0 heterocycles. The van der Waals surface area contributed by atoms with Crippen molar-refractivity contribution in [3.63, 3.8) is 0 Å². The molecule has 380 valence electrons. The fourth-order valence-electron chi connectivity index (χ4n) is 9.33. The zero-order valence-corrected chi connectivity index (χ0v) is 49.7. The maximum Gasteiger partial charge on any atom is 0.146 e. The Morgan fingerprint density at radius 3 is 1.04 bits per heavy atom. The van der Waals surface area contributed by atoms with Gasteiger partial charge in [-0.2, -0.15) is 0 Å². The summed E-state index contributed by atoms with van der Waals surface area (Å²) >= 11 is 0. The van der Waals surface area contributed by atoms with Gasteiger partial charge in [-0.25, -0.2) is 0 Å². The van der Waals surface area contributed by atoms with E-state index in [0.29, 0.717) is 46.5 Å². The Morgan fingerprint density at radius 1 is 0.435 bits per heavy atom. The van der Waals surface area contributed by atoms with E-state index in [9.17, 15) is 0 Å². The molecule has 0 aliphatic heterocycles. The highest BCUT2D eigenvalue weighted by molar-refractivity contribution is 6.91. The lowest BCUT2D eigenvalue weighted by Crippen LogP contribution is -2.43. The molecular weight excluding hydrogens is 875 g/mol. The van der Waals surface area contributed by atoms with Gasteiger partial charge in [-0.3, -0.25) is 4.90 Å². The highest BCUT2D eigenvalue weighted by atomic mass is 28.3. The maximum atomic E-state index is 5.89. The van der Waals surface area contributed by atoms with Gasteiger partial charge in [0.15, 0.2) is 0 Å². The molecule has 0 aliphatic carbocycles. The summed E-state index contributed by atoms with van der Waals surface area (Å²) in [4.78, 5) is 2.43. The number of nitrogens with zero attached hydrogens (tertiary/aromatic N) is 1. The van der Waals surface area contributed by atoms with E-state index in [2.05, 4.69) is 234 Å². The summed E-state index contributed by atoms with van der Waals surface area (Å²) in [6, 6.07) is 25.1. The molecule has 0 radical (unpaired) electrons. The van der Waals surface area contributed by atoms with Gasteiger partial charge in [0, 0.05) is 37.2 Å². The van der Waals surface area contributed by atoms with Crippen molar-refractivity contribution in [1.29, 1.82) is 0 Å². The van der Waals surface area contributed by atoms with Crippen molar-refractivity contribution in [2.24, 2.45) is 0 Å². The quantitative estimate of drug-likeness (QED) is 0.0766. The van der Waals surface area contributed by atoms with Crippen LogP contribution in [0.3, 0.4) is 0 Å². The van der Waals surface area contributed by atoms with Crippen molar-refractivity contribution < 1.29 is 14.2 Å². The Kier molecular flexibility index (Phi) is 27.0. The summed E-state index contributed by atoms with van der Waals surface area (Å²) in [6.45, 7) is 51.3. The van der Waals surface area contributed by atoms with Crippen LogP contribution in [0, 0.1) is 47.6 Å². The molecule has 0 amide bonds. The van der Waals surface area contributed by atoms with Crippen molar-refractivity contribution in [3.8, 4) is 47.6 Å². The molecular formula is C63H97NO3Si2. The second-order valence-corrected chi connectivity index (χ2v) is 34.7. The van der Waals surface area contributed by atoms with E-state index in [1.54, 1.807) is 0 Å². The van der Waals surface area contributed by atoms with Gasteiger partial charge < -0.3 is 14.2 Å². The Morgan fingerprint density at radius 2 is 0.739 bits per heavy atom. The van der Waals surface area contributed by atoms with E-state index in [0.717, 1.165) is 43.8 Å². The minimum atomic E-state index is -1.57. The minimum Gasteiger partial charge on any atom is -0.375 e. The Labute approximate surface area is 428 Å². The summed E-state index contributed by atoms with van der Waals surface area (Å²) in [5.41, 5.74) is 18.1. The molecule has 0 N–H and O–H groups in total. The topological polar surface area (TPSA) is 30.9 Å². The molecule has 4 nitrogen and oxygen atoms in total. The van der Waals surface area contributed by atoms with Gasteiger partial charge in [-0.15, -0.1) is 29.9 Å². The van der Waals surface area contributed by atoms with Gasteiger partial charge in [0.25, 0.3) is 0 Å². The van der Waals surface area contributed by atoms with Crippen LogP contribution < -0.4 is 0 Å². The SMILES string of the molecule is C#Cc1ccc(CN(Cc2ccc(C#C)cc2)Cc2ccc(COC(C)(C)C)cc2)cc1.CC(C)[Si](C#CCCOC(C)(C)C)(C(C)C)C(C)C.CC(C)[Si](C#CCOC(C)(C)C)(C(C)C)C(C)C. The first-order valence-electron chi connectivity index (χ1n) is 25.8. The van der Waals surface area contributed by atoms with Gasteiger partial charge in [0.1, 0.15) is 22.8 Å². The second-order valence-electron chi connectivity index (χ2n) is 23.6. The lowest BCUT2D eigenvalue weighted by Gasteiger charge is -2.38. The predicted octanol–water partition coefficient (Wildman–Crippen LogP) is 16.6. The number of rotatable bonds is 17. The number of terminal acetylenes is 2. The first kappa shape index (κ1) is 63.2. The van der Waals surface area contributed by atoms with Crippen LogP contribution in [-0.2, 0) is 40.5 Å². The van der Waals surface area contributed by atoms with Gasteiger partial charge in [0.05, 0.1) is 30.0 Å². The highest BCUT2D eigenvalue weighted by Gasteiger charge is 2.42. The van der Waals surface area contributed by atoms with Gasteiger partial charge in [-0.1, -0.05) is 149 Å². The molecule has 0 fully saturated rings. The summed E-state index contributed by atoms with van der Waals surface area (Å²) in [6.07, 6.45) is 11.9. The van der Waals surface area contributed by atoms with Gasteiger partial charge in [-0.05, 0) is 142 Å². The van der Waals surface area contributed by atoms with Gasteiger partial charge in [0.2, 0.25) is 0 Å². The van der Waals surface area contributed by atoms with Crippen LogP contribution in [0.2, 0.25) is 33.2 Å². The Balaban J connectivity index is 0.000000556. The summed E-state index contributed by atoms with van der Waals surface area (Å²) in [5.74, 6) is 12.1. The third-order valence-corrected chi connectivity index (χ3v) is 25.5. The zero-order valence-electron chi connectivity index (χ0n) is 47.7. The molecule has 0 bridgehead atoms. The van der Waals surface area contributed by atoms with Crippen molar-refractivity contribution in [2.75, 3.05) is 13.2 Å². The largest absolute Gasteiger partial charge is 0.375 e. The smallest absolute Gasteiger partial charge is 0.146 e. The van der Waals surface area contributed by atoms with Crippen molar-refractivity contribution in [2.45, 2.75) is 228 Å². The van der Waals surface area contributed by atoms with Crippen LogP contribution in [0.25, 0.3) is 0 Å². The fraction of sp³-hybridized carbons (Fsp3) is 0.587. The maximum absolute atomic E-state index is 5.89. The first-order valence-corrected chi connectivity index (χ1v) is 30.2. The van der Waals surface area contributed by atoms with Crippen LogP contribution in [0.1, 0.15) is 185 Å². The van der Waals surface area contributed by atoms with E-state index in [4.69, 9.17) is 27.1 Å². The molecule has 0 aliphatic rings. The minimum absolute atomic E-state index is 0.0512. The van der Waals surface area contributed by atoms with Crippen LogP contribution in [-0.4, -0.2) is 51.1 Å². The number of hydrogen-bond donors (Lipinski definition) is 0. The van der Waals surface area contributed by atoms with Crippen molar-refractivity contribution >= 4 is 16.1 Å². The molecule has 3 aromatic carbocycles. The van der Waals surface area contributed by atoms with Crippen LogP contribution >= 0.6 is 0 Å². The van der Waals surface area contributed by atoms with E-state index in [1.807, 2.05) is 24.3 Å². The number of hydrogen-bond acceptors (Lipinski definition) is 4. The molecule has 0 saturated carbocycles. The van der Waals surface area contributed by atoms with Crippen LogP contribution in [0.4, 0.5) is 0 Å². The average molecular weight is 973 g/mol. The van der Waals surface area contributed by atoms with Gasteiger partial charge >= 0.3 is 0 Å². The molecule has 0 unspecified atom stereocenters. The molecule has 0 spiro atoms. The van der Waals surface area contributed by atoms with E-state index < -0.39 is 16.1 Å². The third-order valence-electron chi connectivity index (χ3n) is 12.8. The molecule has 3 rings (SSSR count). The molecule has 6 heteroatoms. The number of benzene rings is 3. The summed E-state index contributed by atoms with van der Waals surface area (Å²) < 4.78 is 17.3. The molecule has 0 aromatic heterocycles. The fourth-order valence-corrected chi connectivity index (χ4v) is 19.9. The molecule has 0 atom stereocenters. The lowest BCUT2D eigenvalue weighted by molar-refractivity contribution is -0.0149. The van der Waals surface area contributed by atoms with Crippen LogP contribution in [0.5, 0.6) is 0 Å². The van der Waals surface area contributed by atoms with Crippen molar-refractivity contribution in [3.05, 3.63) is 106 Å². The highest BCUT2D eigenvalue weighted by Crippen LogP contribution is 2.41.